The lowest BCUT2D eigenvalue weighted by atomic mass is 10.2. The fraction of sp³-hybridized carbons (Fsp3) is 0.111. The first kappa shape index (κ1) is 15.9. The number of anilines is 1. The molecule has 1 amide bonds. The van der Waals surface area contributed by atoms with Crippen LogP contribution in [0.1, 0.15) is 21.7 Å². The van der Waals surface area contributed by atoms with Crippen molar-refractivity contribution < 1.29 is 13.6 Å². The number of halogens is 2. The summed E-state index contributed by atoms with van der Waals surface area (Å²) >= 11 is 0. The van der Waals surface area contributed by atoms with E-state index < -0.39 is 17.5 Å². The first-order valence-electron chi connectivity index (χ1n) is 7.34. The number of hydrogen-bond acceptors (Lipinski definition) is 2. The van der Waals surface area contributed by atoms with Crippen molar-refractivity contribution in [1.29, 1.82) is 0 Å². The van der Waals surface area contributed by atoms with Crippen LogP contribution in [-0.2, 0) is 0 Å². The summed E-state index contributed by atoms with van der Waals surface area (Å²) in [5.74, 6) is -1.98. The standard InChI is InChI=1S/C18H15F2N3O/c1-11-9-12(2)23(22-11)15-6-3-13(4-7-15)18(24)21-17-8-5-14(19)10-16(17)20/h3-10H,1-2H3,(H,21,24). The lowest BCUT2D eigenvalue weighted by Crippen LogP contribution is -2.13. The summed E-state index contributed by atoms with van der Waals surface area (Å²) in [6.07, 6.45) is 0. The van der Waals surface area contributed by atoms with Gasteiger partial charge in [0.25, 0.3) is 5.91 Å². The summed E-state index contributed by atoms with van der Waals surface area (Å²) < 4.78 is 28.3. The molecule has 6 heteroatoms. The lowest BCUT2D eigenvalue weighted by Gasteiger charge is -2.08. The largest absolute Gasteiger partial charge is 0.319 e. The summed E-state index contributed by atoms with van der Waals surface area (Å²) in [4.78, 5) is 12.2. The molecule has 0 saturated heterocycles. The molecular formula is C18H15F2N3O. The molecule has 0 fully saturated rings. The SMILES string of the molecule is Cc1cc(C)n(-c2ccc(C(=O)Nc3ccc(F)cc3F)cc2)n1. The minimum atomic E-state index is -0.817. The Balaban J connectivity index is 1.80. The Morgan fingerprint density at radius 1 is 1.04 bits per heavy atom. The van der Waals surface area contributed by atoms with Crippen molar-refractivity contribution in [2.24, 2.45) is 0 Å². The van der Waals surface area contributed by atoms with Gasteiger partial charge in [-0.3, -0.25) is 4.79 Å². The number of benzene rings is 2. The van der Waals surface area contributed by atoms with Gasteiger partial charge in [0, 0.05) is 17.3 Å². The molecule has 0 unspecified atom stereocenters. The average molecular weight is 327 g/mol. The van der Waals surface area contributed by atoms with Crippen molar-refractivity contribution in [2.45, 2.75) is 13.8 Å². The third-order valence-corrected chi connectivity index (χ3v) is 3.56. The van der Waals surface area contributed by atoms with Crippen molar-refractivity contribution in [2.75, 3.05) is 5.32 Å². The molecule has 1 aromatic heterocycles. The van der Waals surface area contributed by atoms with Crippen molar-refractivity contribution >= 4 is 11.6 Å². The second-order valence-corrected chi connectivity index (χ2v) is 5.46. The van der Waals surface area contributed by atoms with Gasteiger partial charge in [-0.15, -0.1) is 0 Å². The van der Waals surface area contributed by atoms with Crippen LogP contribution in [-0.4, -0.2) is 15.7 Å². The fourth-order valence-corrected chi connectivity index (χ4v) is 2.43. The van der Waals surface area contributed by atoms with Gasteiger partial charge < -0.3 is 5.32 Å². The molecule has 1 heterocycles. The Morgan fingerprint density at radius 2 is 1.75 bits per heavy atom. The molecule has 0 bridgehead atoms. The number of carbonyl (C=O) groups is 1. The monoisotopic (exact) mass is 327 g/mol. The van der Waals surface area contributed by atoms with Crippen LogP contribution in [0.5, 0.6) is 0 Å². The zero-order valence-electron chi connectivity index (χ0n) is 13.2. The first-order valence-corrected chi connectivity index (χ1v) is 7.34. The van der Waals surface area contributed by atoms with Gasteiger partial charge in [0.05, 0.1) is 17.1 Å². The lowest BCUT2D eigenvalue weighted by molar-refractivity contribution is 0.102. The molecule has 0 radical (unpaired) electrons. The van der Waals surface area contributed by atoms with Gasteiger partial charge in [0.2, 0.25) is 0 Å². The maximum absolute atomic E-state index is 13.6. The summed E-state index contributed by atoms with van der Waals surface area (Å²) in [6.45, 7) is 3.85. The number of nitrogens with one attached hydrogen (secondary N) is 1. The Labute approximate surface area is 137 Å². The van der Waals surface area contributed by atoms with Gasteiger partial charge in [0.15, 0.2) is 0 Å². The van der Waals surface area contributed by atoms with Gasteiger partial charge in [-0.05, 0) is 56.3 Å². The summed E-state index contributed by atoms with van der Waals surface area (Å²) in [7, 11) is 0. The first-order chi connectivity index (χ1) is 11.4. The van der Waals surface area contributed by atoms with Gasteiger partial charge in [0.1, 0.15) is 11.6 Å². The van der Waals surface area contributed by atoms with E-state index in [2.05, 4.69) is 10.4 Å². The van der Waals surface area contributed by atoms with Crippen LogP contribution in [0.3, 0.4) is 0 Å². The van der Waals surface area contributed by atoms with E-state index in [0.717, 1.165) is 29.2 Å². The van der Waals surface area contributed by atoms with Crippen molar-refractivity contribution in [3.63, 3.8) is 0 Å². The summed E-state index contributed by atoms with van der Waals surface area (Å²) in [6, 6.07) is 11.7. The zero-order valence-corrected chi connectivity index (χ0v) is 13.2. The fourth-order valence-electron chi connectivity index (χ4n) is 2.43. The molecule has 24 heavy (non-hydrogen) atoms. The zero-order chi connectivity index (χ0) is 17.3. The van der Waals surface area contributed by atoms with Crippen LogP contribution in [0.2, 0.25) is 0 Å². The number of aromatic nitrogens is 2. The maximum Gasteiger partial charge on any atom is 0.255 e. The van der Waals surface area contributed by atoms with Gasteiger partial charge in [-0.1, -0.05) is 0 Å². The number of nitrogens with zero attached hydrogens (tertiary/aromatic N) is 2. The van der Waals surface area contributed by atoms with E-state index in [-0.39, 0.29) is 5.69 Å². The van der Waals surface area contributed by atoms with E-state index in [1.165, 1.54) is 6.07 Å². The van der Waals surface area contributed by atoms with Crippen molar-refractivity contribution in [1.82, 2.24) is 9.78 Å². The maximum atomic E-state index is 13.6. The van der Waals surface area contributed by atoms with E-state index in [0.29, 0.717) is 5.56 Å². The third kappa shape index (κ3) is 3.17. The number of hydrogen-bond donors (Lipinski definition) is 1. The quantitative estimate of drug-likeness (QED) is 0.790. The van der Waals surface area contributed by atoms with Crippen LogP contribution in [0, 0.1) is 25.5 Å². The van der Waals surface area contributed by atoms with Crippen LogP contribution >= 0.6 is 0 Å². The molecule has 122 valence electrons. The van der Waals surface area contributed by atoms with Crippen LogP contribution in [0.15, 0.2) is 48.5 Å². The van der Waals surface area contributed by atoms with Crippen molar-refractivity contribution in [3.8, 4) is 5.69 Å². The van der Waals surface area contributed by atoms with Crippen molar-refractivity contribution in [3.05, 3.63) is 77.1 Å². The van der Waals surface area contributed by atoms with Crippen LogP contribution < -0.4 is 5.32 Å². The number of rotatable bonds is 3. The van der Waals surface area contributed by atoms with Gasteiger partial charge >= 0.3 is 0 Å². The molecule has 1 N–H and O–H groups in total. The molecule has 0 atom stereocenters. The molecule has 3 aromatic rings. The Bertz CT molecular complexity index is 901. The smallest absolute Gasteiger partial charge is 0.255 e. The molecule has 0 saturated carbocycles. The Hall–Kier alpha value is -3.02. The minimum absolute atomic E-state index is 0.0657. The van der Waals surface area contributed by atoms with E-state index in [4.69, 9.17) is 0 Å². The predicted octanol–water partition coefficient (Wildman–Crippen LogP) is 4.02. The molecule has 0 aliphatic rings. The van der Waals surface area contributed by atoms with Crippen LogP contribution in [0.4, 0.5) is 14.5 Å². The highest BCUT2D eigenvalue weighted by Gasteiger charge is 2.11. The molecular weight excluding hydrogens is 312 g/mol. The summed E-state index contributed by atoms with van der Waals surface area (Å²) in [5.41, 5.74) is 3.01. The molecule has 0 aliphatic heterocycles. The molecule has 0 aliphatic carbocycles. The molecule has 3 rings (SSSR count). The number of amides is 1. The molecule has 2 aromatic carbocycles. The second kappa shape index (κ2) is 6.23. The average Bonchev–Trinajstić information content (AvgIpc) is 2.88. The van der Waals surface area contributed by atoms with E-state index >= 15 is 0 Å². The summed E-state index contributed by atoms with van der Waals surface area (Å²) in [5, 5.41) is 6.80. The van der Waals surface area contributed by atoms with E-state index in [1.807, 2.05) is 19.9 Å². The topological polar surface area (TPSA) is 46.9 Å². The highest BCUT2D eigenvalue weighted by molar-refractivity contribution is 6.04. The van der Waals surface area contributed by atoms with Gasteiger partial charge in [-0.2, -0.15) is 5.10 Å². The number of carbonyl (C=O) groups excluding carboxylic acids is 1. The highest BCUT2D eigenvalue weighted by atomic mass is 19.1. The highest BCUT2D eigenvalue weighted by Crippen LogP contribution is 2.17. The minimum Gasteiger partial charge on any atom is -0.319 e. The Morgan fingerprint density at radius 3 is 2.33 bits per heavy atom. The Kier molecular flexibility index (Phi) is 4.12. The normalized spacial score (nSPS) is 10.7. The molecule has 0 spiro atoms. The van der Waals surface area contributed by atoms with E-state index in [9.17, 15) is 13.6 Å². The predicted molar refractivity (Wildman–Crippen MR) is 87.3 cm³/mol. The van der Waals surface area contributed by atoms with E-state index in [1.54, 1.807) is 28.9 Å². The van der Waals surface area contributed by atoms with Crippen LogP contribution in [0.25, 0.3) is 5.69 Å². The number of aryl methyl sites for hydroxylation is 2. The second-order valence-electron chi connectivity index (χ2n) is 5.46. The molecule has 4 nitrogen and oxygen atoms in total. The van der Waals surface area contributed by atoms with Gasteiger partial charge in [-0.25, -0.2) is 13.5 Å². The third-order valence-electron chi connectivity index (χ3n) is 3.56.